The predicted octanol–water partition coefficient (Wildman–Crippen LogP) is 9.26. The molecule has 0 aliphatic heterocycles. The molecule has 1 nitrogen and oxygen atoms in total. The third kappa shape index (κ3) is 5.69. The largest absolute Gasteiger partial charge is 0.378 e. The number of ether oxygens (including phenoxy) is 1. The van der Waals surface area contributed by atoms with E-state index in [0.717, 1.165) is 25.4 Å². The van der Waals surface area contributed by atoms with Crippen molar-refractivity contribution in [1.82, 2.24) is 0 Å². The van der Waals surface area contributed by atoms with E-state index in [0.29, 0.717) is 16.9 Å². The molecular weight excluding hydrogens is 388 g/mol. The Labute approximate surface area is 198 Å². The lowest BCUT2D eigenvalue weighted by Gasteiger charge is -2.54. The summed E-state index contributed by atoms with van der Waals surface area (Å²) in [7, 11) is 0. The van der Waals surface area contributed by atoms with Gasteiger partial charge in [0.25, 0.3) is 0 Å². The summed E-state index contributed by atoms with van der Waals surface area (Å²) >= 11 is 0. The summed E-state index contributed by atoms with van der Waals surface area (Å²) in [6.07, 6.45) is 26.8. The summed E-state index contributed by atoms with van der Waals surface area (Å²) in [6.45, 7) is 5.36. The van der Waals surface area contributed by atoms with Gasteiger partial charge in [0, 0.05) is 6.61 Å². The Balaban J connectivity index is 1.25. The first kappa shape index (κ1) is 24.1. The first-order valence-corrected chi connectivity index (χ1v) is 14.0. The molecule has 5 rings (SSSR count). The molecule has 0 saturated heterocycles. The fourth-order valence-electron chi connectivity index (χ4n) is 7.11. The molecule has 0 atom stereocenters. The van der Waals surface area contributed by atoms with E-state index in [4.69, 9.17) is 4.74 Å². The van der Waals surface area contributed by atoms with Crippen LogP contribution in [0.3, 0.4) is 0 Å². The molecule has 2 bridgehead atoms. The van der Waals surface area contributed by atoms with Gasteiger partial charge in [0.15, 0.2) is 0 Å². The second-order valence-electron chi connectivity index (χ2n) is 11.4. The summed E-state index contributed by atoms with van der Waals surface area (Å²) in [4.78, 5) is 0. The van der Waals surface area contributed by atoms with E-state index in [2.05, 4.69) is 50.3 Å². The van der Waals surface area contributed by atoms with Crippen LogP contribution in [0.4, 0.5) is 0 Å². The third-order valence-corrected chi connectivity index (χ3v) is 9.49. The average Bonchev–Trinajstić information content (AvgIpc) is 2.86. The van der Waals surface area contributed by atoms with Gasteiger partial charge in [-0.2, -0.15) is 0 Å². The minimum Gasteiger partial charge on any atom is -0.378 e. The smallest absolute Gasteiger partial charge is 0.0575 e. The lowest BCUT2D eigenvalue weighted by Crippen LogP contribution is -2.44. The van der Waals surface area contributed by atoms with Crippen LogP contribution in [-0.4, -0.2) is 12.7 Å². The van der Waals surface area contributed by atoms with Crippen molar-refractivity contribution in [1.29, 1.82) is 0 Å². The highest BCUT2D eigenvalue weighted by Crippen LogP contribution is 2.59. The summed E-state index contributed by atoms with van der Waals surface area (Å²) in [5.74, 6) is 0.744. The quantitative estimate of drug-likeness (QED) is 0.248. The van der Waals surface area contributed by atoms with Crippen LogP contribution in [0.15, 0.2) is 36.4 Å². The number of allylic oxidation sites excluding steroid dienone is 2. The van der Waals surface area contributed by atoms with E-state index in [1.54, 1.807) is 11.1 Å². The molecular formula is C31H48O. The molecule has 178 valence electrons. The Morgan fingerprint density at radius 1 is 0.875 bits per heavy atom. The first-order valence-electron chi connectivity index (χ1n) is 14.0. The van der Waals surface area contributed by atoms with Crippen LogP contribution in [-0.2, 0) is 10.2 Å². The van der Waals surface area contributed by atoms with Gasteiger partial charge in [-0.05, 0) is 118 Å². The molecule has 0 heterocycles. The van der Waals surface area contributed by atoms with Gasteiger partial charge in [-0.25, -0.2) is 0 Å². The van der Waals surface area contributed by atoms with Crippen LogP contribution >= 0.6 is 0 Å². The van der Waals surface area contributed by atoms with Crippen LogP contribution in [0, 0.1) is 5.41 Å². The van der Waals surface area contributed by atoms with Crippen molar-refractivity contribution in [3.05, 3.63) is 47.5 Å². The topological polar surface area (TPSA) is 9.23 Å². The Bertz CT molecular complexity index is 682. The van der Waals surface area contributed by atoms with Crippen LogP contribution in [0.2, 0.25) is 0 Å². The standard InChI is InChI=1S/C31H48O/c1-3-5-7-9-25-32-29-16-12-27(13-17-29)26-10-14-28(15-11-26)31-22-19-30(20-23-31,21-24-31)18-8-6-4-2/h3,5,10-11,14-15,27,29H,4,6-9,12-13,16-25H2,1-2H3/b5-3+/t27-,29-,30?,31?. The van der Waals surface area contributed by atoms with Gasteiger partial charge in [-0.15, -0.1) is 0 Å². The Hall–Kier alpha value is -1.08. The summed E-state index contributed by atoms with van der Waals surface area (Å²) in [5.41, 5.74) is 4.45. The molecule has 0 spiro atoms. The monoisotopic (exact) mass is 436 g/mol. The second-order valence-corrected chi connectivity index (χ2v) is 11.4. The van der Waals surface area contributed by atoms with Crippen LogP contribution < -0.4 is 0 Å². The normalized spacial score (nSPS) is 32.6. The lowest BCUT2D eigenvalue weighted by atomic mass is 9.51. The molecule has 4 fully saturated rings. The Morgan fingerprint density at radius 3 is 2.19 bits per heavy atom. The fourth-order valence-corrected chi connectivity index (χ4v) is 7.11. The molecule has 0 amide bonds. The van der Waals surface area contributed by atoms with E-state index in [1.165, 1.54) is 89.9 Å². The third-order valence-electron chi connectivity index (χ3n) is 9.49. The van der Waals surface area contributed by atoms with Gasteiger partial charge < -0.3 is 4.74 Å². The maximum absolute atomic E-state index is 6.15. The van der Waals surface area contributed by atoms with E-state index in [-0.39, 0.29) is 0 Å². The Kier molecular flexibility index (Phi) is 8.55. The van der Waals surface area contributed by atoms with Gasteiger partial charge in [0.1, 0.15) is 0 Å². The van der Waals surface area contributed by atoms with E-state index in [1.807, 2.05) is 0 Å². The maximum atomic E-state index is 6.15. The molecule has 1 aromatic rings. The van der Waals surface area contributed by atoms with Crippen molar-refractivity contribution in [3.8, 4) is 0 Å². The number of benzene rings is 1. The lowest BCUT2D eigenvalue weighted by molar-refractivity contribution is 0.0237. The molecule has 4 saturated carbocycles. The molecule has 4 aliphatic rings. The highest BCUT2D eigenvalue weighted by Gasteiger charge is 2.48. The molecule has 1 aromatic carbocycles. The van der Waals surface area contributed by atoms with Crippen molar-refractivity contribution >= 4 is 0 Å². The molecule has 1 heteroatoms. The Morgan fingerprint density at radius 2 is 1.56 bits per heavy atom. The molecule has 0 aromatic heterocycles. The average molecular weight is 437 g/mol. The summed E-state index contributed by atoms with van der Waals surface area (Å²) < 4.78 is 6.15. The van der Waals surface area contributed by atoms with Crippen molar-refractivity contribution in [2.45, 2.75) is 134 Å². The van der Waals surface area contributed by atoms with Crippen molar-refractivity contribution in [2.75, 3.05) is 6.61 Å². The van der Waals surface area contributed by atoms with E-state index in [9.17, 15) is 0 Å². The van der Waals surface area contributed by atoms with Gasteiger partial charge in [0.05, 0.1) is 6.10 Å². The van der Waals surface area contributed by atoms with E-state index >= 15 is 0 Å². The molecule has 4 aliphatic carbocycles. The molecule has 32 heavy (non-hydrogen) atoms. The van der Waals surface area contributed by atoms with Crippen LogP contribution in [0.1, 0.15) is 134 Å². The minimum atomic E-state index is 0.497. The van der Waals surface area contributed by atoms with Gasteiger partial charge in [-0.1, -0.05) is 62.6 Å². The van der Waals surface area contributed by atoms with Crippen LogP contribution in [0.5, 0.6) is 0 Å². The number of unbranched alkanes of at least 4 members (excludes halogenated alkanes) is 3. The van der Waals surface area contributed by atoms with Gasteiger partial charge in [0.2, 0.25) is 0 Å². The highest BCUT2D eigenvalue weighted by atomic mass is 16.5. The molecule has 0 radical (unpaired) electrons. The fraction of sp³-hybridized carbons (Fsp3) is 0.742. The van der Waals surface area contributed by atoms with Crippen molar-refractivity contribution < 1.29 is 4.74 Å². The van der Waals surface area contributed by atoms with Crippen molar-refractivity contribution in [3.63, 3.8) is 0 Å². The zero-order chi connectivity index (χ0) is 22.3. The zero-order valence-electron chi connectivity index (χ0n) is 21.0. The van der Waals surface area contributed by atoms with Gasteiger partial charge in [-0.3, -0.25) is 0 Å². The number of rotatable bonds is 11. The van der Waals surface area contributed by atoms with Gasteiger partial charge >= 0.3 is 0 Å². The zero-order valence-corrected chi connectivity index (χ0v) is 21.0. The first-order chi connectivity index (χ1) is 15.7. The van der Waals surface area contributed by atoms with Crippen LogP contribution in [0.25, 0.3) is 0 Å². The highest BCUT2D eigenvalue weighted by molar-refractivity contribution is 5.33. The maximum Gasteiger partial charge on any atom is 0.0575 e. The SMILES string of the molecule is C/C=C/CCCO[C@H]1CC[C@H](c2ccc(C34CCC(CCCCC)(CC3)CC4)cc2)CC1. The number of hydrogen-bond acceptors (Lipinski definition) is 1. The number of hydrogen-bond donors (Lipinski definition) is 0. The summed E-state index contributed by atoms with van der Waals surface area (Å²) in [5, 5.41) is 0. The predicted molar refractivity (Wildman–Crippen MR) is 137 cm³/mol. The summed E-state index contributed by atoms with van der Waals surface area (Å²) in [6, 6.07) is 10.0. The molecule has 0 N–H and O–H groups in total. The number of fused-ring (bicyclic) bond motifs is 3. The minimum absolute atomic E-state index is 0.497. The van der Waals surface area contributed by atoms with Crippen molar-refractivity contribution in [2.24, 2.45) is 5.41 Å². The van der Waals surface area contributed by atoms with E-state index < -0.39 is 0 Å². The second kappa shape index (κ2) is 11.4. The molecule has 0 unspecified atom stereocenters.